The Bertz CT molecular complexity index is 281. The Balaban J connectivity index is 2.40. The van der Waals surface area contributed by atoms with Crippen molar-refractivity contribution in [2.24, 2.45) is 16.8 Å². The van der Waals surface area contributed by atoms with Gasteiger partial charge in [0.05, 0.1) is 0 Å². The molecule has 0 aliphatic carbocycles. The number of nitrogens with one attached hydrogen (secondary N) is 1. The van der Waals surface area contributed by atoms with Gasteiger partial charge in [-0.05, 0) is 19.3 Å². The minimum Gasteiger partial charge on any atom is -0.409 e. The number of piperidine rings is 1. The van der Waals surface area contributed by atoms with Crippen molar-refractivity contribution in [2.75, 3.05) is 19.6 Å². The molecule has 6 heteroatoms. The number of nitrogens with two attached hydrogens (primary N) is 1. The Labute approximate surface area is 102 Å². The molecule has 6 nitrogen and oxygen atoms in total. The largest absolute Gasteiger partial charge is 0.409 e. The van der Waals surface area contributed by atoms with Gasteiger partial charge in [0.2, 0.25) is 0 Å². The zero-order chi connectivity index (χ0) is 12.7. The minimum atomic E-state index is -0.0473. The number of likely N-dealkylation sites (tertiary alicyclic amines) is 1. The van der Waals surface area contributed by atoms with Gasteiger partial charge >= 0.3 is 6.03 Å². The second-order valence-electron chi connectivity index (χ2n) is 4.40. The maximum atomic E-state index is 11.8. The van der Waals surface area contributed by atoms with Crippen LogP contribution in [-0.4, -0.2) is 41.6 Å². The first-order valence-corrected chi connectivity index (χ1v) is 6.19. The summed E-state index contributed by atoms with van der Waals surface area (Å²) in [5, 5.41) is 14.5. The molecule has 1 aliphatic rings. The zero-order valence-electron chi connectivity index (χ0n) is 10.4. The second kappa shape index (κ2) is 6.98. The molecule has 0 saturated carbocycles. The fourth-order valence-corrected chi connectivity index (χ4v) is 1.97. The summed E-state index contributed by atoms with van der Waals surface area (Å²) in [5.41, 5.74) is 5.57. The van der Waals surface area contributed by atoms with E-state index >= 15 is 0 Å². The Morgan fingerprint density at radius 3 is 3.06 bits per heavy atom. The van der Waals surface area contributed by atoms with Gasteiger partial charge in [0.25, 0.3) is 0 Å². The van der Waals surface area contributed by atoms with E-state index < -0.39 is 0 Å². The first kappa shape index (κ1) is 13.6. The Morgan fingerprint density at radius 1 is 1.65 bits per heavy atom. The average Bonchev–Trinajstić information content (AvgIpc) is 2.38. The number of unbranched alkanes of at least 4 members (excludes halogenated alkanes) is 1. The number of amidine groups is 1. The van der Waals surface area contributed by atoms with Gasteiger partial charge in [-0.3, -0.25) is 0 Å². The smallest absolute Gasteiger partial charge is 0.317 e. The molecule has 1 atom stereocenters. The first-order chi connectivity index (χ1) is 8.19. The quantitative estimate of drug-likeness (QED) is 0.225. The van der Waals surface area contributed by atoms with E-state index in [4.69, 9.17) is 10.9 Å². The molecular formula is C11H22N4O2. The molecule has 0 aromatic rings. The van der Waals surface area contributed by atoms with Gasteiger partial charge < -0.3 is 21.2 Å². The molecule has 17 heavy (non-hydrogen) atoms. The standard InChI is InChI=1S/C11H22N4O2/c1-2-3-6-13-11(16)15-7-4-5-9(8-15)10(12)14-17/h9,17H,2-8H2,1H3,(H2,12,14)(H,13,16). The number of carbonyl (C=O) groups is 1. The van der Waals surface area contributed by atoms with Crippen molar-refractivity contribution < 1.29 is 10.0 Å². The lowest BCUT2D eigenvalue weighted by atomic mass is 9.97. The van der Waals surface area contributed by atoms with Crippen LogP contribution in [0.1, 0.15) is 32.6 Å². The van der Waals surface area contributed by atoms with Crippen molar-refractivity contribution in [3.05, 3.63) is 0 Å². The highest BCUT2D eigenvalue weighted by Gasteiger charge is 2.25. The number of hydrogen-bond donors (Lipinski definition) is 3. The number of oxime groups is 1. The molecule has 0 bridgehead atoms. The fraction of sp³-hybridized carbons (Fsp3) is 0.818. The van der Waals surface area contributed by atoms with E-state index in [1.54, 1.807) is 4.90 Å². The Hall–Kier alpha value is -1.46. The number of nitrogens with zero attached hydrogens (tertiary/aromatic N) is 2. The molecule has 0 aromatic heterocycles. The lowest BCUT2D eigenvalue weighted by molar-refractivity contribution is 0.177. The predicted molar refractivity (Wildman–Crippen MR) is 66.0 cm³/mol. The summed E-state index contributed by atoms with van der Waals surface area (Å²) in [7, 11) is 0. The molecule has 1 rings (SSSR count). The Kier molecular flexibility index (Phi) is 5.59. The van der Waals surface area contributed by atoms with E-state index in [-0.39, 0.29) is 17.8 Å². The van der Waals surface area contributed by atoms with E-state index in [1.165, 1.54) is 0 Å². The molecular weight excluding hydrogens is 220 g/mol. The molecule has 1 unspecified atom stereocenters. The van der Waals surface area contributed by atoms with Gasteiger partial charge in [-0.1, -0.05) is 18.5 Å². The maximum absolute atomic E-state index is 11.8. The third-order valence-corrected chi connectivity index (χ3v) is 3.05. The molecule has 4 N–H and O–H groups in total. The summed E-state index contributed by atoms with van der Waals surface area (Å²) < 4.78 is 0. The van der Waals surface area contributed by atoms with Crippen LogP contribution in [0, 0.1) is 5.92 Å². The number of hydrogen-bond acceptors (Lipinski definition) is 3. The lowest BCUT2D eigenvalue weighted by Crippen LogP contribution is -2.48. The number of urea groups is 1. The molecule has 2 amide bonds. The highest BCUT2D eigenvalue weighted by atomic mass is 16.4. The van der Waals surface area contributed by atoms with Crippen molar-refractivity contribution in [1.29, 1.82) is 0 Å². The van der Waals surface area contributed by atoms with Gasteiger partial charge in [0.15, 0.2) is 0 Å². The van der Waals surface area contributed by atoms with Crippen molar-refractivity contribution in [3.8, 4) is 0 Å². The van der Waals surface area contributed by atoms with Gasteiger partial charge in [-0.2, -0.15) is 0 Å². The van der Waals surface area contributed by atoms with Crippen LogP contribution >= 0.6 is 0 Å². The number of carbonyl (C=O) groups excluding carboxylic acids is 1. The summed E-state index contributed by atoms with van der Waals surface area (Å²) in [6.45, 7) is 4.07. The monoisotopic (exact) mass is 242 g/mol. The van der Waals surface area contributed by atoms with Crippen molar-refractivity contribution in [1.82, 2.24) is 10.2 Å². The fourth-order valence-electron chi connectivity index (χ4n) is 1.97. The summed E-state index contributed by atoms with van der Waals surface area (Å²) in [6, 6.07) is -0.0473. The van der Waals surface area contributed by atoms with E-state index in [0.29, 0.717) is 13.1 Å². The molecule has 0 aromatic carbocycles. The molecule has 0 radical (unpaired) electrons. The average molecular weight is 242 g/mol. The van der Waals surface area contributed by atoms with Gasteiger partial charge in [-0.25, -0.2) is 4.79 Å². The van der Waals surface area contributed by atoms with Crippen LogP contribution in [0.5, 0.6) is 0 Å². The van der Waals surface area contributed by atoms with Crippen molar-refractivity contribution >= 4 is 11.9 Å². The minimum absolute atomic E-state index is 0.0225. The van der Waals surface area contributed by atoms with Gasteiger partial charge in [0.1, 0.15) is 5.84 Å². The van der Waals surface area contributed by atoms with Crippen LogP contribution in [0.15, 0.2) is 5.16 Å². The van der Waals surface area contributed by atoms with Crippen LogP contribution in [0.2, 0.25) is 0 Å². The summed E-state index contributed by atoms with van der Waals surface area (Å²) >= 11 is 0. The molecule has 1 aliphatic heterocycles. The maximum Gasteiger partial charge on any atom is 0.317 e. The summed E-state index contributed by atoms with van der Waals surface area (Å²) in [6.07, 6.45) is 3.81. The second-order valence-corrected chi connectivity index (χ2v) is 4.40. The van der Waals surface area contributed by atoms with E-state index in [0.717, 1.165) is 32.2 Å². The highest BCUT2D eigenvalue weighted by Crippen LogP contribution is 2.16. The van der Waals surface area contributed by atoms with Crippen LogP contribution in [0.25, 0.3) is 0 Å². The third-order valence-electron chi connectivity index (χ3n) is 3.05. The van der Waals surface area contributed by atoms with Gasteiger partial charge in [-0.15, -0.1) is 0 Å². The van der Waals surface area contributed by atoms with E-state index in [1.807, 2.05) is 0 Å². The van der Waals surface area contributed by atoms with Crippen LogP contribution < -0.4 is 11.1 Å². The topological polar surface area (TPSA) is 91.0 Å². The molecule has 1 heterocycles. The van der Waals surface area contributed by atoms with Crippen molar-refractivity contribution in [3.63, 3.8) is 0 Å². The van der Waals surface area contributed by atoms with Gasteiger partial charge in [0, 0.05) is 25.6 Å². The lowest BCUT2D eigenvalue weighted by Gasteiger charge is -2.32. The third kappa shape index (κ3) is 4.13. The molecule has 98 valence electrons. The normalized spacial score (nSPS) is 21.4. The first-order valence-electron chi connectivity index (χ1n) is 6.19. The molecule has 0 spiro atoms. The number of amides is 2. The zero-order valence-corrected chi connectivity index (χ0v) is 10.4. The van der Waals surface area contributed by atoms with Crippen LogP contribution in [0.4, 0.5) is 4.79 Å². The van der Waals surface area contributed by atoms with E-state index in [2.05, 4.69) is 17.4 Å². The SMILES string of the molecule is CCCCNC(=O)N1CCCC(C(N)=NO)C1. The number of rotatable bonds is 4. The van der Waals surface area contributed by atoms with Crippen molar-refractivity contribution in [2.45, 2.75) is 32.6 Å². The predicted octanol–water partition coefficient (Wildman–Crippen LogP) is 0.955. The van der Waals surface area contributed by atoms with E-state index in [9.17, 15) is 4.79 Å². The highest BCUT2D eigenvalue weighted by molar-refractivity contribution is 5.83. The molecule has 1 fully saturated rings. The van der Waals surface area contributed by atoms with Crippen LogP contribution in [0.3, 0.4) is 0 Å². The Morgan fingerprint density at radius 2 is 2.41 bits per heavy atom. The van der Waals surface area contributed by atoms with Crippen LogP contribution in [-0.2, 0) is 0 Å². The summed E-state index contributed by atoms with van der Waals surface area (Å²) in [5.74, 6) is 0.196. The summed E-state index contributed by atoms with van der Waals surface area (Å²) in [4.78, 5) is 13.5. The molecule has 1 saturated heterocycles.